The summed E-state index contributed by atoms with van der Waals surface area (Å²) in [7, 11) is 0. The van der Waals surface area contributed by atoms with Crippen LogP contribution in [0.25, 0.3) is 10.9 Å². The zero-order valence-electron chi connectivity index (χ0n) is 13.3. The molecule has 120 valence electrons. The molecule has 2 atom stereocenters. The van der Waals surface area contributed by atoms with E-state index in [1.165, 1.54) is 10.9 Å². The number of benzene rings is 1. The van der Waals surface area contributed by atoms with Gasteiger partial charge in [0.25, 0.3) is 0 Å². The molecule has 1 aliphatic heterocycles. The number of likely N-dealkylation sites (tertiary alicyclic amines) is 1. The van der Waals surface area contributed by atoms with Crippen molar-refractivity contribution in [2.75, 3.05) is 19.7 Å². The molecule has 1 aromatic carbocycles. The average molecular weight is 302 g/mol. The van der Waals surface area contributed by atoms with E-state index in [2.05, 4.69) is 41.1 Å². The number of aromatic amines is 1. The van der Waals surface area contributed by atoms with E-state index in [9.17, 15) is 10.2 Å². The van der Waals surface area contributed by atoms with E-state index >= 15 is 0 Å². The lowest BCUT2D eigenvalue weighted by atomic mass is 9.74. The number of hydrogen-bond acceptors (Lipinski definition) is 3. The Morgan fingerprint density at radius 1 is 1.36 bits per heavy atom. The first-order valence-corrected chi connectivity index (χ1v) is 8.25. The highest BCUT2D eigenvalue weighted by Crippen LogP contribution is 2.35. The summed E-state index contributed by atoms with van der Waals surface area (Å²) in [5.41, 5.74) is 2.11. The normalized spacial score (nSPS) is 26.6. The first-order valence-electron chi connectivity index (χ1n) is 8.25. The number of hydrogen-bond donors (Lipinski definition) is 3. The van der Waals surface area contributed by atoms with Gasteiger partial charge in [-0.15, -0.1) is 0 Å². The van der Waals surface area contributed by atoms with Crippen LogP contribution in [-0.4, -0.2) is 45.9 Å². The van der Waals surface area contributed by atoms with Crippen LogP contribution < -0.4 is 0 Å². The molecule has 4 heteroatoms. The fourth-order valence-electron chi connectivity index (χ4n) is 3.88. The summed E-state index contributed by atoms with van der Waals surface area (Å²) in [6.07, 6.45) is 4.18. The van der Waals surface area contributed by atoms with Gasteiger partial charge in [-0.3, -0.25) is 4.90 Å². The average Bonchev–Trinajstić information content (AvgIpc) is 3.00. The zero-order chi connectivity index (χ0) is 15.6. The molecular formula is C18H26N2O2. The minimum Gasteiger partial charge on any atom is -0.396 e. The van der Waals surface area contributed by atoms with Crippen LogP contribution in [0.15, 0.2) is 30.5 Å². The summed E-state index contributed by atoms with van der Waals surface area (Å²) in [5.74, 6) is 0. The van der Waals surface area contributed by atoms with Gasteiger partial charge < -0.3 is 15.2 Å². The second-order valence-electron chi connectivity index (χ2n) is 6.64. The third kappa shape index (κ3) is 2.78. The Morgan fingerprint density at radius 2 is 2.23 bits per heavy atom. The predicted molar refractivity (Wildman–Crippen MR) is 88.6 cm³/mol. The summed E-state index contributed by atoms with van der Waals surface area (Å²) >= 11 is 0. The van der Waals surface area contributed by atoms with Crippen LogP contribution in [-0.2, 0) is 6.54 Å². The lowest BCUT2D eigenvalue weighted by Gasteiger charge is -2.45. The van der Waals surface area contributed by atoms with Crippen molar-refractivity contribution < 1.29 is 10.2 Å². The summed E-state index contributed by atoms with van der Waals surface area (Å²) < 4.78 is 0. The molecule has 0 aliphatic carbocycles. The minimum atomic E-state index is -0.392. The van der Waals surface area contributed by atoms with Crippen LogP contribution in [0.3, 0.4) is 0 Å². The number of aliphatic hydroxyl groups is 2. The van der Waals surface area contributed by atoms with Crippen LogP contribution in [0, 0.1) is 5.41 Å². The van der Waals surface area contributed by atoms with Gasteiger partial charge in [-0.1, -0.05) is 25.5 Å². The van der Waals surface area contributed by atoms with Crippen molar-refractivity contribution in [2.24, 2.45) is 5.41 Å². The molecule has 0 saturated carbocycles. The molecule has 1 saturated heterocycles. The molecule has 0 radical (unpaired) electrons. The standard InChI is InChI=1S/C18H26N2O2/c1-2-8-18(13-21)12-20(10-7-17(18)22)11-14-4-3-5-16-15(14)6-9-19-16/h3-6,9,17,19,21-22H,2,7-8,10-13H2,1H3/t17-,18+/m1/s1. The van der Waals surface area contributed by atoms with Crippen molar-refractivity contribution in [1.82, 2.24) is 9.88 Å². The van der Waals surface area contributed by atoms with Gasteiger partial charge in [0, 0.05) is 42.1 Å². The van der Waals surface area contributed by atoms with E-state index in [4.69, 9.17) is 0 Å². The van der Waals surface area contributed by atoms with Gasteiger partial charge in [-0.25, -0.2) is 0 Å². The second-order valence-corrected chi connectivity index (χ2v) is 6.64. The molecule has 1 aliphatic rings. The third-order valence-electron chi connectivity index (χ3n) is 5.11. The fraction of sp³-hybridized carbons (Fsp3) is 0.556. The van der Waals surface area contributed by atoms with Gasteiger partial charge in [0.2, 0.25) is 0 Å². The molecule has 1 aromatic heterocycles. The Balaban J connectivity index is 1.79. The molecule has 1 fully saturated rings. The number of aliphatic hydroxyl groups excluding tert-OH is 2. The molecule has 0 spiro atoms. The highest BCUT2D eigenvalue weighted by atomic mass is 16.3. The lowest BCUT2D eigenvalue weighted by molar-refractivity contribution is -0.0818. The smallest absolute Gasteiger partial charge is 0.0642 e. The predicted octanol–water partition coefficient (Wildman–Crippen LogP) is 2.51. The van der Waals surface area contributed by atoms with Crippen LogP contribution in [0.2, 0.25) is 0 Å². The van der Waals surface area contributed by atoms with E-state index in [1.807, 2.05) is 6.20 Å². The number of nitrogens with one attached hydrogen (secondary N) is 1. The topological polar surface area (TPSA) is 59.5 Å². The quantitative estimate of drug-likeness (QED) is 0.795. The Morgan fingerprint density at radius 3 is 3.00 bits per heavy atom. The largest absolute Gasteiger partial charge is 0.396 e. The van der Waals surface area contributed by atoms with Crippen molar-refractivity contribution >= 4 is 10.9 Å². The molecule has 3 rings (SSSR count). The van der Waals surface area contributed by atoms with Gasteiger partial charge in [-0.2, -0.15) is 0 Å². The van der Waals surface area contributed by atoms with Gasteiger partial charge in [-0.05, 0) is 30.5 Å². The Labute approximate surface area is 131 Å². The van der Waals surface area contributed by atoms with E-state index in [0.29, 0.717) is 0 Å². The fourth-order valence-corrected chi connectivity index (χ4v) is 3.88. The highest BCUT2D eigenvalue weighted by molar-refractivity contribution is 5.82. The lowest BCUT2D eigenvalue weighted by Crippen LogP contribution is -2.53. The van der Waals surface area contributed by atoms with Crippen LogP contribution in [0.5, 0.6) is 0 Å². The maximum atomic E-state index is 10.4. The van der Waals surface area contributed by atoms with Gasteiger partial charge in [0.15, 0.2) is 0 Å². The summed E-state index contributed by atoms with van der Waals surface area (Å²) in [6, 6.07) is 8.46. The first kappa shape index (κ1) is 15.5. The molecule has 22 heavy (non-hydrogen) atoms. The molecule has 3 N–H and O–H groups in total. The van der Waals surface area contributed by atoms with E-state index in [-0.39, 0.29) is 12.0 Å². The Bertz CT molecular complexity index is 624. The van der Waals surface area contributed by atoms with Crippen molar-refractivity contribution in [3.05, 3.63) is 36.0 Å². The molecule has 0 unspecified atom stereocenters. The number of H-pyrrole nitrogens is 1. The van der Waals surface area contributed by atoms with Gasteiger partial charge >= 0.3 is 0 Å². The number of piperidine rings is 1. The van der Waals surface area contributed by atoms with Crippen molar-refractivity contribution in [3.63, 3.8) is 0 Å². The molecule has 4 nitrogen and oxygen atoms in total. The summed E-state index contributed by atoms with van der Waals surface area (Å²) in [6.45, 7) is 4.69. The number of aromatic nitrogens is 1. The van der Waals surface area contributed by atoms with Crippen LogP contribution in [0.4, 0.5) is 0 Å². The summed E-state index contributed by atoms with van der Waals surface area (Å²) in [4.78, 5) is 5.63. The SMILES string of the molecule is CCC[C@@]1(CO)CN(Cc2cccc3[nH]ccc23)CC[C@H]1O. The van der Waals surface area contributed by atoms with Gasteiger partial charge in [0.05, 0.1) is 12.7 Å². The third-order valence-corrected chi connectivity index (χ3v) is 5.11. The van der Waals surface area contributed by atoms with Crippen molar-refractivity contribution in [1.29, 1.82) is 0 Å². The highest BCUT2D eigenvalue weighted by Gasteiger charge is 2.41. The van der Waals surface area contributed by atoms with Crippen LogP contribution >= 0.6 is 0 Å². The number of nitrogens with zero attached hydrogens (tertiary/aromatic N) is 1. The molecule has 2 heterocycles. The Kier molecular flexibility index (Phi) is 4.52. The zero-order valence-corrected chi connectivity index (χ0v) is 13.3. The van der Waals surface area contributed by atoms with E-state index in [0.717, 1.165) is 44.4 Å². The molecule has 0 amide bonds. The number of rotatable bonds is 5. The monoisotopic (exact) mass is 302 g/mol. The maximum Gasteiger partial charge on any atom is 0.0642 e. The van der Waals surface area contributed by atoms with Crippen molar-refractivity contribution in [2.45, 2.75) is 38.8 Å². The second kappa shape index (κ2) is 6.41. The number of fused-ring (bicyclic) bond motifs is 1. The first-order chi connectivity index (χ1) is 10.7. The summed E-state index contributed by atoms with van der Waals surface area (Å²) in [5, 5.41) is 21.5. The van der Waals surface area contributed by atoms with E-state index < -0.39 is 6.10 Å². The van der Waals surface area contributed by atoms with Crippen molar-refractivity contribution in [3.8, 4) is 0 Å². The van der Waals surface area contributed by atoms with Gasteiger partial charge in [0.1, 0.15) is 0 Å². The molecular weight excluding hydrogens is 276 g/mol. The van der Waals surface area contributed by atoms with Crippen LogP contribution in [0.1, 0.15) is 31.7 Å². The minimum absolute atomic E-state index is 0.0624. The Hall–Kier alpha value is -1.36. The molecule has 2 aromatic rings. The molecule has 0 bridgehead atoms. The van der Waals surface area contributed by atoms with E-state index in [1.54, 1.807) is 0 Å². The maximum absolute atomic E-state index is 10.4.